The van der Waals surface area contributed by atoms with E-state index in [1.807, 2.05) is 0 Å². The highest BCUT2D eigenvalue weighted by atomic mass is 35.5. The Labute approximate surface area is 170 Å². The van der Waals surface area contributed by atoms with Gasteiger partial charge in [-0.05, 0) is 62.3 Å². The average Bonchev–Trinajstić information content (AvgIpc) is 3.19. The standard InChI is InChI=1S/C20H31N3O.2ClH/c1-15-5-6-17(11-16(15)2)13-23-10-7-18(14-23)12-22-19(24)20(21)8-3-4-9-20;;/h5-6,11,18H,3-4,7-10,12-14,21H2,1-2H3,(H,22,24);2*1H. The first-order valence-electron chi connectivity index (χ1n) is 9.32. The molecule has 148 valence electrons. The van der Waals surface area contributed by atoms with E-state index in [-0.39, 0.29) is 30.7 Å². The molecule has 1 aromatic rings. The van der Waals surface area contributed by atoms with Crippen LogP contribution in [0.1, 0.15) is 48.8 Å². The van der Waals surface area contributed by atoms with Crippen molar-refractivity contribution in [3.05, 3.63) is 34.9 Å². The summed E-state index contributed by atoms with van der Waals surface area (Å²) >= 11 is 0. The predicted molar refractivity (Wildman–Crippen MR) is 112 cm³/mol. The molecule has 0 aromatic heterocycles. The minimum atomic E-state index is -0.599. The molecule has 0 bridgehead atoms. The van der Waals surface area contributed by atoms with Gasteiger partial charge in [-0.25, -0.2) is 0 Å². The van der Waals surface area contributed by atoms with Crippen LogP contribution in [0.25, 0.3) is 0 Å². The molecular weight excluding hydrogens is 369 g/mol. The largest absolute Gasteiger partial charge is 0.354 e. The molecular formula is C20H33Cl2N3O. The molecule has 1 saturated carbocycles. The number of hydrogen-bond donors (Lipinski definition) is 2. The van der Waals surface area contributed by atoms with Crippen LogP contribution < -0.4 is 11.1 Å². The lowest BCUT2D eigenvalue weighted by Crippen LogP contribution is -2.52. The van der Waals surface area contributed by atoms with Gasteiger partial charge in [0.05, 0.1) is 5.54 Å². The van der Waals surface area contributed by atoms with Crippen molar-refractivity contribution in [2.45, 2.75) is 58.0 Å². The number of nitrogens with two attached hydrogens (primary N) is 1. The first-order chi connectivity index (χ1) is 11.5. The van der Waals surface area contributed by atoms with Gasteiger partial charge >= 0.3 is 0 Å². The molecule has 1 atom stereocenters. The number of likely N-dealkylation sites (tertiary alicyclic amines) is 1. The van der Waals surface area contributed by atoms with Crippen LogP contribution >= 0.6 is 24.8 Å². The summed E-state index contributed by atoms with van der Waals surface area (Å²) < 4.78 is 0. The maximum Gasteiger partial charge on any atom is 0.240 e. The Balaban J connectivity index is 0.00000169. The molecule has 26 heavy (non-hydrogen) atoms. The smallest absolute Gasteiger partial charge is 0.240 e. The second-order valence-electron chi connectivity index (χ2n) is 7.88. The van der Waals surface area contributed by atoms with Crippen LogP contribution in [0.5, 0.6) is 0 Å². The molecule has 0 radical (unpaired) electrons. The Kier molecular flexibility index (Phi) is 8.87. The Bertz CT molecular complexity index is 603. The van der Waals surface area contributed by atoms with Crippen LogP contribution in [-0.4, -0.2) is 36.0 Å². The molecule has 1 aliphatic carbocycles. The number of carbonyl (C=O) groups excluding carboxylic acids is 1. The van der Waals surface area contributed by atoms with Gasteiger partial charge in [-0.15, -0.1) is 24.8 Å². The Morgan fingerprint density at radius 1 is 1.23 bits per heavy atom. The molecule has 1 aliphatic heterocycles. The number of aryl methyl sites for hydroxylation is 2. The summed E-state index contributed by atoms with van der Waals surface area (Å²) in [5.74, 6) is 0.609. The SMILES string of the molecule is Cc1ccc(CN2CCC(CNC(=O)C3(N)CCCC3)C2)cc1C.Cl.Cl. The van der Waals surface area contributed by atoms with Crippen molar-refractivity contribution in [1.29, 1.82) is 0 Å². The second kappa shape index (κ2) is 9.93. The molecule has 0 spiro atoms. The second-order valence-corrected chi connectivity index (χ2v) is 7.88. The monoisotopic (exact) mass is 401 g/mol. The Morgan fingerprint density at radius 2 is 1.92 bits per heavy atom. The van der Waals surface area contributed by atoms with Crippen molar-refractivity contribution in [2.24, 2.45) is 11.7 Å². The Hall–Kier alpha value is -0.810. The van der Waals surface area contributed by atoms with E-state index in [0.717, 1.165) is 58.3 Å². The van der Waals surface area contributed by atoms with E-state index in [1.165, 1.54) is 16.7 Å². The molecule has 1 saturated heterocycles. The first kappa shape index (κ1) is 23.2. The lowest BCUT2D eigenvalue weighted by atomic mass is 9.97. The van der Waals surface area contributed by atoms with E-state index in [2.05, 4.69) is 42.3 Å². The highest BCUT2D eigenvalue weighted by Crippen LogP contribution is 2.27. The fourth-order valence-electron chi connectivity index (χ4n) is 4.03. The fourth-order valence-corrected chi connectivity index (χ4v) is 4.03. The van der Waals surface area contributed by atoms with Crippen molar-refractivity contribution in [1.82, 2.24) is 10.2 Å². The molecule has 1 unspecified atom stereocenters. The number of benzene rings is 1. The van der Waals surface area contributed by atoms with Crippen LogP contribution in [0, 0.1) is 19.8 Å². The van der Waals surface area contributed by atoms with Crippen molar-refractivity contribution in [3.63, 3.8) is 0 Å². The van der Waals surface area contributed by atoms with Crippen molar-refractivity contribution < 1.29 is 4.79 Å². The van der Waals surface area contributed by atoms with E-state index in [1.54, 1.807) is 0 Å². The Morgan fingerprint density at radius 3 is 2.58 bits per heavy atom. The molecule has 2 fully saturated rings. The zero-order valence-electron chi connectivity index (χ0n) is 15.9. The molecule has 3 rings (SSSR count). The van der Waals surface area contributed by atoms with E-state index in [0.29, 0.717) is 5.92 Å². The van der Waals surface area contributed by atoms with Gasteiger partial charge in [0.2, 0.25) is 5.91 Å². The van der Waals surface area contributed by atoms with Gasteiger partial charge in [-0.3, -0.25) is 9.69 Å². The van der Waals surface area contributed by atoms with Gasteiger partial charge in [0.15, 0.2) is 0 Å². The number of amides is 1. The van der Waals surface area contributed by atoms with Crippen molar-refractivity contribution in [3.8, 4) is 0 Å². The summed E-state index contributed by atoms with van der Waals surface area (Å²) in [6, 6.07) is 6.74. The van der Waals surface area contributed by atoms with E-state index >= 15 is 0 Å². The summed E-state index contributed by atoms with van der Waals surface area (Å²) in [5.41, 5.74) is 9.72. The van der Waals surface area contributed by atoms with Crippen LogP contribution in [0.4, 0.5) is 0 Å². The molecule has 1 aromatic carbocycles. The van der Waals surface area contributed by atoms with E-state index in [4.69, 9.17) is 5.73 Å². The van der Waals surface area contributed by atoms with Crippen LogP contribution in [-0.2, 0) is 11.3 Å². The van der Waals surface area contributed by atoms with Gasteiger partial charge in [0, 0.05) is 19.6 Å². The average molecular weight is 402 g/mol. The molecule has 6 heteroatoms. The maximum atomic E-state index is 12.3. The number of halogens is 2. The van der Waals surface area contributed by atoms with Gasteiger partial charge in [-0.1, -0.05) is 31.0 Å². The topological polar surface area (TPSA) is 58.4 Å². The third-order valence-electron chi connectivity index (χ3n) is 5.85. The zero-order chi connectivity index (χ0) is 17.2. The minimum absolute atomic E-state index is 0. The summed E-state index contributed by atoms with van der Waals surface area (Å²) in [6.07, 6.45) is 4.99. The molecule has 1 heterocycles. The zero-order valence-corrected chi connectivity index (χ0v) is 17.6. The van der Waals surface area contributed by atoms with Gasteiger partial charge in [-0.2, -0.15) is 0 Å². The van der Waals surface area contributed by atoms with Crippen molar-refractivity contribution >= 4 is 30.7 Å². The lowest BCUT2D eigenvalue weighted by molar-refractivity contribution is -0.126. The highest BCUT2D eigenvalue weighted by Gasteiger charge is 2.37. The van der Waals surface area contributed by atoms with E-state index in [9.17, 15) is 4.79 Å². The first-order valence-corrected chi connectivity index (χ1v) is 9.32. The third-order valence-corrected chi connectivity index (χ3v) is 5.85. The van der Waals surface area contributed by atoms with Crippen LogP contribution in [0.15, 0.2) is 18.2 Å². The molecule has 3 N–H and O–H groups in total. The van der Waals surface area contributed by atoms with Crippen molar-refractivity contribution in [2.75, 3.05) is 19.6 Å². The number of nitrogens with one attached hydrogen (secondary N) is 1. The quantitative estimate of drug-likeness (QED) is 0.794. The third kappa shape index (κ3) is 5.59. The normalized spacial score (nSPS) is 21.7. The molecule has 1 amide bonds. The van der Waals surface area contributed by atoms with Gasteiger partial charge in [0.1, 0.15) is 0 Å². The van der Waals surface area contributed by atoms with Crippen LogP contribution in [0.3, 0.4) is 0 Å². The maximum absolute atomic E-state index is 12.3. The number of nitrogens with zero attached hydrogens (tertiary/aromatic N) is 1. The summed E-state index contributed by atoms with van der Waals surface area (Å²) in [4.78, 5) is 14.8. The lowest BCUT2D eigenvalue weighted by Gasteiger charge is -2.23. The predicted octanol–water partition coefficient (Wildman–Crippen LogP) is 3.36. The summed E-state index contributed by atoms with van der Waals surface area (Å²) in [5, 5.41) is 3.12. The summed E-state index contributed by atoms with van der Waals surface area (Å²) in [6.45, 7) is 8.27. The summed E-state index contributed by atoms with van der Waals surface area (Å²) in [7, 11) is 0. The molecule has 4 nitrogen and oxygen atoms in total. The highest BCUT2D eigenvalue weighted by molar-refractivity contribution is 5.86. The number of rotatable bonds is 5. The number of hydrogen-bond acceptors (Lipinski definition) is 3. The van der Waals surface area contributed by atoms with Gasteiger partial charge < -0.3 is 11.1 Å². The fraction of sp³-hybridized carbons (Fsp3) is 0.650. The minimum Gasteiger partial charge on any atom is -0.354 e. The molecule has 2 aliphatic rings. The van der Waals surface area contributed by atoms with Gasteiger partial charge in [0.25, 0.3) is 0 Å². The number of carbonyl (C=O) groups is 1. The van der Waals surface area contributed by atoms with E-state index < -0.39 is 5.54 Å². The van der Waals surface area contributed by atoms with Crippen LogP contribution in [0.2, 0.25) is 0 Å².